The van der Waals surface area contributed by atoms with Gasteiger partial charge in [-0.25, -0.2) is 0 Å². The summed E-state index contributed by atoms with van der Waals surface area (Å²) in [4.78, 5) is 13.1. The van der Waals surface area contributed by atoms with Crippen LogP contribution in [0.3, 0.4) is 0 Å². The zero-order chi connectivity index (χ0) is 11.3. The molecule has 2 nitrogen and oxygen atoms in total. The Balaban J connectivity index is 2.62. The number of hydrogen-bond donors (Lipinski definition) is 0. The minimum absolute atomic E-state index is 0.00690. The van der Waals surface area contributed by atoms with Crippen LogP contribution in [0.25, 0.3) is 0 Å². The maximum atomic E-state index is 11.4. The van der Waals surface area contributed by atoms with Crippen molar-refractivity contribution in [1.29, 1.82) is 0 Å². The third-order valence-electron chi connectivity index (χ3n) is 2.02. The first-order valence-electron chi connectivity index (χ1n) is 4.75. The summed E-state index contributed by atoms with van der Waals surface area (Å²) in [5.74, 6) is 0.00690. The van der Waals surface area contributed by atoms with Crippen molar-refractivity contribution in [2.75, 3.05) is 7.05 Å². The molecule has 1 amide bonds. The lowest BCUT2D eigenvalue weighted by Gasteiger charge is -2.14. The summed E-state index contributed by atoms with van der Waals surface area (Å²) < 4.78 is 0. The van der Waals surface area contributed by atoms with Crippen LogP contribution in [-0.4, -0.2) is 17.9 Å². The monoisotopic (exact) mass is 223 g/mol. The number of hydrogen-bond acceptors (Lipinski definition) is 1. The Morgan fingerprint density at radius 1 is 1.40 bits per heavy atom. The van der Waals surface area contributed by atoms with Crippen molar-refractivity contribution in [2.24, 2.45) is 0 Å². The number of carbonyl (C=O) groups is 1. The number of amides is 1. The van der Waals surface area contributed by atoms with E-state index < -0.39 is 0 Å². The molecule has 0 aliphatic rings. The summed E-state index contributed by atoms with van der Waals surface area (Å²) in [5, 5.41) is 0.709. The van der Waals surface area contributed by atoms with Crippen molar-refractivity contribution in [3.05, 3.63) is 47.0 Å². The number of halogens is 1. The van der Waals surface area contributed by atoms with Crippen molar-refractivity contribution >= 4 is 17.5 Å². The van der Waals surface area contributed by atoms with E-state index in [2.05, 4.69) is 0 Å². The summed E-state index contributed by atoms with van der Waals surface area (Å²) in [7, 11) is 1.77. The Morgan fingerprint density at radius 2 is 2.00 bits per heavy atom. The molecule has 15 heavy (non-hydrogen) atoms. The molecule has 80 valence electrons. The average Bonchev–Trinajstić information content (AvgIpc) is 2.22. The molecule has 3 heteroatoms. The topological polar surface area (TPSA) is 20.3 Å². The highest BCUT2D eigenvalue weighted by Crippen LogP contribution is 2.10. The van der Waals surface area contributed by atoms with Gasteiger partial charge in [-0.2, -0.15) is 0 Å². The molecule has 0 aliphatic heterocycles. The minimum Gasteiger partial charge on any atom is -0.338 e. The largest absolute Gasteiger partial charge is 0.338 e. The lowest BCUT2D eigenvalue weighted by molar-refractivity contribution is -0.125. The standard InChI is InChI=1S/C12H14ClNO/c1-3-4-12(15)14(2)9-10-5-7-11(13)8-6-10/h3-8H,9H2,1-2H3. The molecule has 0 unspecified atom stereocenters. The molecule has 0 saturated carbocycles. The van der Waals surface area contributed by atoms with Gasteiger partial charge in [-0.1, -0.05) is 29.8 Å². The fraction of sp³-hybridized carbons (Fsp3) is 0.250. The first-order chi connectivity index (χ1) is 7.13. The van der Waals surface area contributed by atoms with Crippen LogP contribution >= 0.6 is 11.6 Å². The van der Waals surface area contributed by atoms with Gasteiger partial charge in [0.05, 0.1) is 0 Å². The van der Waals surface area contributed by atoms with Gasteiger partial charge >= 0.3 is 0 Å². The summed E-state index contributed by atoms with van der Waals surface area (Å²) >= 11 is 5.77. The van der Waals surface area contributed by atoms with Crippen LogP contribution in [0, 0.1) is 0 Å². The van der Waals surface area contributed by atoms with Crippen molar-refractivity contribution in [3.8, 4) is 0 Å². The SMILES string of the molecule is CC=CC(=O)N(C)Cc1ccc(Cl)cc1. The Labute approximate surface area is 95.2 Å². The van der Waals surface area contributed by atoms with E-state index in [4.69, 9.17) is 11.6 Å². The Kier molecular flexibility index (Phi) is 4.37. The van der Waals surface area contributed by atoms with Gasteiger partial charge in [0.2, 0.25) is 5.91 Å². The molecule has 0 aliphatic carbocycles. The second-order valence-electron chi connectivity index (χ2n) is 3.32. The van der Waals surface area contributed by atoms with Crippen LogP contribution < -0.4 is 0 Å². The van der Waals surface area contributed by atoms with Crippen LogP contribution in [0.1, 0.15) is 12.5 Å². The van der Waals surface area contributed by atoms with Gasteiger partial charge in [0.25, 0.3) is 0 Å². The van der Waals surface area contributed by atoms with E-state index in [0.717, 1.165) is 5.56 Å². The van der Waals surface area contributed by atoms with E-state index in [1.54, 1.807) is 24.1 Å². The fourth-order valence-corrected chi connectivity index (χ4v) is 1.34. The molecule has 0 atom stereocenters. The third kappa shape index (κ3) is 3.76. The van der Waals surface area contributed by atoms with Crippen molar-refractivity contribution in [3.63, 3.8) is 0 Å². The van der Waals surface area contributed by atoms with Crippen LogP contribution in [0.4, 0.5) is 0 Å². The minimum atomic E-state index is 0.00690. The molecular weight excluding hydrogens is 210 g/mol. The summed E-state index contributed by atoms with van der Waals surface area (Å²) in [5.41, 5.74) is 1.07. The predicted octanol–water partition coefficient (Wildman–Crippen LogP) is 2.87. The molecule has 0 saturated heterocycles. The molecular formula is C12H14ClNO. The van der Waals surface area contributed by atoms with Gasteiger partial charge in [-0.05, 0) is 30.7 Å². The van der Waals surface area contributed by atoms with E-state index in [-0.39, 0.29) is 5.91 Å². The lowest BCUT2D eigenvalue weighted by atomic mass is 10.2. The van der Waals surface area contributed by atoms with Gasteiger partial charge in [0.1, 0.15) is 0 Å². The predicted molar refractivity (Wildman–Crippen MR) is 62.7 cm³/mol. The van der Waals surface area contributed by atoms with Crippen LogP contribution in [0.15, 0.2) is 36.4 Å². The zero-order valence-electron chi connectivity index (χ0n) is 8.90. The average molecular weight is 224 g/mol. The van der Waals surface area contributed by atoms with Crippen molar-refractivity contribution in [1.82, 2.24) is 4.90 Å². The Bertz CT molecular complexity index is 356. The van der Waals surface area contributed by atoms with Crippen molar-refractivity contribution in [2.45, 2.75) is 13.5 Å². The molecule has 1 aromatic rings. The second kappa shape index (κ2) is 5.56. The maximum absolute atomic E-state index is 11.4. The van der Waals surface area contributed by atoms with Gasteiger partial charge < -0.3 is 4.90 Å². The molecule has 1 rings (SSSR count). The number of allylic oxidation sites excluding steroid dienone is 1. The van der Waals surface area contributed by atoms with Gasteiger partial charge in [0, 0.05) is 18.6 Å². The fourth-order valence-electron chi connectivity index (χ4n) is 1.21. The molecule has 1 aromatic carbocycles. The Morgan fingerprint density at radius 3 is 2.53 bits per heavy atom. The number of rotatable bonds is 3. The molecule has 0 bridgehead atoms. The van der Waals surface area contributed by atoms with Gasteiger partial charge in [-0.15, -0.1) is 0 Å². The van der Waals surface area contributed by atoms with Crippen molar-refractivity contribution < 1.29 is 4.79 Å². The van der Waals surface area contributed by atoms with E-state index in [0.29, 0.717) is 11.6 Å². The van der Waals surface area contributed by atoms with Crippen LogP contribution in [0.5, 0.6) is 0 Å². The number of nitrogens with zero attached hydrogens (tertiary/aromatic N) is 1. The summed E-state index contributed by atoms with van der Waals surface area (Å²) in [6, 6.07) is 7.49. The smallest absolute Gasteiger partial charge is 0.246 e. The van der Waals surface area contributed by atoms with Crippen LogP contribution in [-0.2, 0) is 11.3 Å². The Hall–Kier alpha value is -1.28. The summed E-state index contributed by atoms with van der Waals surface area (Å²) in [6.07, 6.45) is 3.29. The normalized spacial score (nSPS) is 10.6. The van der Waals surface area contributed by atoms with E-state index in [9.17, 15) is 4.79 Å². The first-order valence-corrected chi connectivity index (χ1v) is 5.13. The second-order valence-corrected chi connectivity index (χ2v) is 3.76. The lowest BCUT2D eigenvalue weighted by Crippen LogP contribution is -2.23. The highest BCUT2D eigenvalue weighted by molar-refractivity contribution is 6.30. The van der Waals surface area contributed by atoms with Gasteiger partial charge in [0.15, 0.2) is 0 Å². The highest BCUT2D eigenvalue weighted by atomic mass is 35.5. The third-order valence-corrected chi connectivity index (χ3v) is 2.27. The van der Waals surface area contributed by atoms with E-state index in [1.165, 1.54) is 0 Å². The molecule has 0 fully saturated rings. The van der Waals surface area contributed by atoms with E-state index >= 15 is 0 Å². The number of benzene rings is 1. The molecule has 0 heterocycles. The number of likely N-dealkylation sites (N-methyl/N-ethyl adjacent to an activating group) is 1. The molecule has 0 spiro atoms. The van der Waals surface area contributed by atoms with Crippen LogP contribution in [0.2, 0.25) is 5.02 Å². The molecule has 0 radical (unpaired) electrons. The quantitative estimate of drug-likeness (QED) is 0.722. The molecule has 0 aromatic heterocycles. The first kappa shape index (κ1) is 11.8. The van der Waals surface area contributed by atoms with Gasteiger partial charge in [-0.3, -0.25) is 4.79 Å². The molecule has 0 N–H and O–H groups in total. The maximum Gasteiger partial charge on any atom is 0.246 e. The zero-order valence-corrected chi connectivity index (χ0v) is 9.66. The number of carbonyl (C=O) groups excluding carboxylic acids is 1. The van der Waals surface area contributed by atoms with E-state index in [1.807, 2.05) is 31.2 Å². The highest BCUT2D eigenvalue weighted by Gasteiger charge is 2.04. The summed E-state index contributed by atoms with van der Waals surface area (Å²) in [6.45, 7) is 2.42.